The molecule has 1 amide bonds. The summed E-state index contributed by atoms with van der Waals surface area (Å²) < 4.78 is 5.73. The second kappa shape index (κ2) is 8.61. The number of benzene rings is 2. The van der Waals surface area contributed by atoms with Crippen LogP contribution in [0.5, 0.6) is 0 Å². The van der Waals surface area contributed by atoms with Crippen LogP contribution in [-0.2, 0) is 11.3 Å². The highest BCUT2D eigenvalue weighted by Crippen LogP contribution is 2.19. The molecule has 3 rings (SSSR count). The van der Waals surface area contributed by atoms with Crippen LogP contribution < -0.4 is 11.1 Å². The van der Waals surface area contributed by atoms with Gasteiger partial charge in [0.1, 0.15) is 0 Å². The van der Waals surface area contributed by atoms with E-state index in [1.807, 2.05) is 18.2 Å². The standard InChI is InChI=1S/C19H22N4O4/c20-18-7-6-15(23(25)26)10-17(18)19(24)21-11-16-13-22(8-9-27-16)12-14-4-2-1-3-5-14/h1-7,10,16H,8-9,11-13,20H2,(H,21,24). The lowest BCUT2D eigenvalue weighted by Crippen LogP contribution is -2.47. The molecule has 0 radical (unpaired) electrons. The lowest BCUT2D eigenvalue weighted by Gasteiger charge is -2.33. The fourth-order valence-electron chi connectivity index (χ4n) is 3.05. The van der Waals surface area contributed by atoms with E-state index >= 15 is 0 Å². The molecule has 1 saturated heterocycles. The van der Waals surface area contributed by atoms with Gasteiger partial charge in [-0.2, -0.15) is 0 Å². The lowest BCUT2D eigenvalue weighted by molar-refractivity contribution is -0.384. The molecule has 2 aromatic rings. The van der Waals surface area contributed by atoms with E-state index in [0.29, 0.717) is 19.7 Å². The Bertz CT molecular complexity index is 813. The zero-order chi connectivity index (χ0) is 19.2. The molecular formula is C19H22N4O4. The molecule has 3 N–H and O–H groups in total. The van der Waals surface area contributed by atoms with E-state index in [2.05, 4.69) is 22.3 Å². The Morgan fingerprint density at radius 2 is 2.07 bits per heavy atom. The molecule has 27 heavy (non-hydrogen) atoms. The number of amides is 1. The average molecular weight is 370 g/mol. The number of nitro groups is 1. The number of nitrogens with one attached hydrogen (secondary N) is 1. The molecule has 1 atom stereocenters. The molecule has 1 heterocycles. The fourth-order valence-corrected chi connectivity index (χ4v) is 3.05. The Labute approximate surface area is 157 Å². The van der Waals surface area contributed by atoms with Crippen LogP contribution in [0.15, 0.2) is 48.5 Å². The first-order valence-electron chi connectivity index (χ1n) is 8.73. The zero-order valence-corrected chi connectivity index (χ0v) is 14.8. The van der Waals surface area contributed by atoms with Gasteiger partial charge in [0, 0.05) is 44.0 Å². The first-order valence-corrected chi connectivity index (χ1v) is 8.73. The smallest absolute Gasteiger partial charge is 0.270 e. The van der Waals surface area contributed by atoms with Crippen molar-refractivity contribution in [3.8, 4) is 0 Å². The number of morpholine rings is 1. The van der Waals surface area contributed by atoms with Crippen LogP contribution >= 0.6 is 0 Å². The summed E-state index contributed by atoms with van der Waals surface area (Å²) in [6.45, 7) is 3.25. The summed E-state index contributed by atoms with van der Waals surface area (Å²) in [5, 5.41) is 13.7. The SMILES string of the molecule is Nc1ccc([N+](=O)[O-])cc1C(=O)NCC1CN(Cc2ccccc2)CCO1. The number of anilines is 1. The van der Waals surface area contributed by atoms with Crippen molar-refractivity contribution < 1.29 is 14.5 Å². The van der Waals surface area contributed by atoms with Gasteiger partial charge in [-0.05, 0) is 11.6 Å². The first-order chi connectivity index (χ1) is 13.0. The molecule has 0 spiro atoms. The molecule has 1 aliphatic rings. The number of rotatable bonds is 6. The Morgan fingerprint density at radius 3 is 2.81 bits per heavy atom. The molecule has 8 nitrogen and oxygen atoms in total. The van der Waals surface area contributed by atoms with Crippen molar-refractivity contribution in [3.63, 3.8) is 0 Å². The minimum Gasteiger partial charge on any atom is -0.398 e. The molecule has 2 aromatic carbocycles. The third-order valence-corrected chi connectivity index (χ3v) is 4.45. The van der Waals surface area contributed by atoms with E-state index in [0.717, 1.165) is 13.1 Å². The van der Waals surface area contributed by atoms with Gasteiger partial charge in [0.25, 0.3) is 11.6 Å². The Morgan fingerprint density at radius 1 is 1.30 bits per heavy atom. The van der Waals surface area contributed by atoms with Gasteiger partial charge in [-0.25, -0.2) is 0 Å². The minimum atomic E-state index is -0.554. The van der Waals surface area contributed by atoms with E-state index in [9.17, 15) is 14.9 Å². The number of carbonyl (C=O) groups is 1. The van der Waals surface area contributed by atoms with Gasteiger partial charge in [-0.1, -0.05) is 30.3 Å². The monoisotopic (exact) mass is 370 g/mol. The van der Waals surface area contributed by atoms with Crippen molar-refractivity contribution in [2.45, 2.75) is 12.6 Å². The summed E-state index contributed by atoms with van der Waals surface area (Å²) in [4.78, 5) is 25.0. The van der Waals surface area contributed by atoms with Crippen LogP contribution in [0, 0.1) is 10.1 Å². The Kier molecular flexibility index (Phi) is 6.00. The highest BCUT2D eigenvalue weighted by Gasteiger charge is 2.22. The summed E-state index contributed by atoms with van der Waals surface area (Å²) in [5.41, 5.74) is 7.14. The average Bonchev–Trinajstić information content (AvgIpc) is 2.67. The van der Waals surface area contributed by atoms with Crippen LogP contribution in [0.1, 0.15) is 15.9 Å². The maximum atomic E-state index is 12.4. The van der Waals surface area contributed by atoms with E-state index in [1.165, 1.54) is 23.8 Å². The van der Waals surface area contributed by atoms with Gasteiger partial charge < -0.3 is 15.8 Å². The molecular weight excluding hydrogens is 348 g/mol. The summed E-state index contributed by atoms with van der Waals surface area (Å²) >= 11 is 0. The largest absolute Gasteiger partial charge is 0.398 e. The number of carbonyl (C=O) groups excluding carboxylic acids is 1. The number of nitrogens with two attached hydrogens (primary N) is 1. The normalized spacial score (nSPS) is 17.4. The number of non-ortho nitro benzene ring substituents is 1. The molecule has 1 fully saturated rings. The van der Waals surface area contributed by atoms with Gasteiger partial charge in [-0.15, -0.1) is 0 Å². The third-order valence-electron chi connectivity index (χ3n) is 4.45. The fraction of sp³-hybridized carbons (Fsp3) is 0.316. The van der Waals surface area contributed by atoms with E-state index in [-0.39, 0.29) is 23.0 Å². The third kappa shape index (κ3) is 5.02. The first kappa shape index (κ1) is 18.8. The Hall–Kier alpha value is -2.97. The molecule has 0 aromatic heterocycles. The molecule has 1 aliphatic heterocycles. The number of nitro benzene ring substituents is 1. The van der Waals surface area contributed by atoms with Crippen LogP contribution in [0.25, 0.3) is 0 Å². The van der Waals surface area contributed by atoms with Gasteiger partial charge in [-0.3, -0.25) is 19.8 Å². The summed E-state index contributed by atoms with van der Waals surface area (Å²) in [5.74, 6) is -0.444. The number of hydrogen-bond acceptors (Lipinski definition) is 6. The van der Waals surface area contributed by atoms with Gasteiger partial charge >= 0.3 is 0 Å². The van der Waals surface area contributed by atoms with Crippen LogP contribution in [0.3, 0.4) is 0 Å². The van der Waals surface area contributed by atoms with E-state index < -0.39 is 10.8 Å². The van der Waals surface area contributed by atoms with Gasteiger partial charge in [0.2, 0.25) is 0 Å². The molecule has 142 valence electrons. The topological polar surface area (TPSA) is 111 Å². The second-order valence-corrected chi connectivity index (χ2v) is 6.45. The van der Waals surface area contributed by atoms with Crippen molar-refractivity contribution in [2.24, 2.45) is 0 Å². The van der Waals surface area contributed by atoms with Crippen LogP contribution in [0.4, 0.5) is 11.4 Å². The lowest BCUT2D eigenvalue weighted by atomic mass is 10.1. The molecule has 0 saturated carbocycles. The van der Waals surface area contributed by atoms with Crippen LogP contribution in [0.2, 0.25) is 0 Å². The highest BCUT2D eigenvalue weighted by atomic mass is 16.6. The predicted molar refractivity (Wildman–Crippen MR) is 101 cm³/mol. The summed E-state index contributed by atoms with van der Waals surface area (Å²) in [6, 6.07) is 14.0. The second-order valence-electron chi connectivity index (χ2n) is 6.45. The molecule has 0 aliphatic carbocycles. The van der Waals surface area contributed by atoms with Gasteiger partial charge in [0.05, 0.1) is 23.2 Å². The van der Waals surface area contributed by atoms with E-state index in [4.69, 9.17) is 10.5 Å². The van der Waals surface area contributed by atoms with Crippen molar-refractivity contribution in [3.05, 3.63) is 69.8 Å². The number of nitrogen functional groups attached to an aromatic ring is 1. The van der Waals surface area contributed by atoms with Crippen molar-refractivity contribution >= 4 is 17.3 Å². The van der Waals surface area contributed by atoms with Gasteiger partial charge in [0.15, 0.2) is 0 Å². The Balaban J connectivity index is 1.55. The van der Waals surface area contributed by atoms with Crippen molar-refractivity contribution in [1.82, 2.24) is 10.2 Å². The maximum Gasteiger partial charge on any atom is 0.270 e. The van der Waals surface area contributed by atoms with E-state index in [1.54, 1.807) is 0 Å². The van der Waals surface area contributed by atoms with Crippen molar-refractivity contribution in [2.75, 3.05) is 32.0 Å². The van der Waals surface area contributed by atoms with Crippen molar-refractivity contribution in [1.29, 1.82) is 0 Å². The zero-order valence-electron chi connectivity index (χ0n) is 14.8. The summed E-state index contributed by atoms with van der Waals surface area (Å²) in [7, 11) is 0. The molecule has 0 bridgehead atoms. The number of hydrogen-bond donors (Lipinski definition) is 2. The minimum absolute atomic E-state index is 0.0983. The number of nitrogens with zero attached hydrogens (tertiary/aromatic N) is 2. The number of ether oxygens (including phenoxy) is 1. The quantitative estimate of drug-likeness (QED) is 0.456. The highest BCUT2D eigenvalue weighted by molar-refractivity contribution is 5.99. The predicted octanol–water partition coefficient (Wildman–Crippen LogP) is 1.81. The maximum absolute atomic E-state index is 12.4. The molecule has 1 unspecified atom stereocenters. The molecule has 8 heteroatoms. The van der Waals surface area contributed by atoms with Crippen LogP contribution in [-0.4, -0.2) is 48.1 Å². The summed E-state index contributed by atoms with van der Waals surface area (Å²) in [6.07, 6.45) is -0.147.